The minimum absolute atomic E-state index is 0. The van der Waals surface area contributed by atoms with Gasteiger partial charge in [0.2, 0.25) is 0 Å². The molecule has 3 rings (SSSR count). The smallest absolute Gasteiger partial charge is 0.251 e. The molecule has 1 amide bonds. The molecule has 31 heavy (non-hydrogen) atoms. The zero-order valence-electron chi connectivity index (χ0n) is 17.9. The number of hydrogen-bond donors (Lipinski definition) is 3. The van der Waals surface area contributed by atoms with Crippen molar-refractivity contribution in [3.05, 3.63) is 77.9 Å². The molecule has 3 aromatic carbocycles. The van der Waals surface area contributed by atoms with Crippen LogP contribution in [0.25, 0.3) is 10.8 Å². The van der Waals surface area contributed by atoms with Gasteiger partial charge in [0.25, 0.3) is 5.91 Å². The minimum Gasteiger partial charge on any atom is -0.494 e. The zero-order chi connectivity index (χ0) is 21.2. The van der Waals surface area contributed by atoms with Crippen LogP contribution in [0.5, 0.6) is 5.75 Å². The number of nitrogens with one attached hydrogen (secondary N) is 3. The monoisotopic (exact) mass is 532 g/mol. The standard InChI is InChI=1S/C24H28N4O2.HI/c1-25-23(29)20-10-8-18(9-11-20)17-28-24(26-2)27-14-5-15-30-22-13-12-19-6-3-4-7-21(19)16-22;/h3-4,6-13,16H,5,14-15,17H2,1-2H3,(H,25,29)(H2,26,27,28);1H. The van der Waals surface area contributed by atoms with Crippen molar-refractivity contribution in [3.8, 4) is 5.75 Å². The predicted molar refractivity (Wildman–Crippen MR) is 138 cm³/mol. The third-order valence-corrected chi connectivity index (χ3v) is 4.73. The molecule has 3 aromatic rings. The van der Waals surface area contributed by atoms with Crippen LogP contribution < -0.4 is 20.7 Å². The Bertz CT molecular complexity index is 1010. The lowest BCUT2D eigenvalue weighted by molar-refractivity contribution is 0.0963. The van der Waals surface area contributed by atoms with Crippen molar-refractivity contribution in [2.24, 2.45) is 4.99 Å². The van der Waals surface area contributed by atoms with Gasteiger partial charge in [-0.05, 0) is 47.0 Å². The van der Waals surface area contributed by atoms with E-state index < -0.39 is 0 Å². The van der Waals surface area contributed by atoms with Crippen LogP contribution in [0.1, 0.15) is 22.3 Å². The Hall–Kier alpha value is -2.81. The lowest BCUT2D eigenvalue weighted by Crippen LogP contribution is -2.37. The average molecular weight is 532 g/mol. The number of nitrogens with zero attached hydrogens (tertiary/aromatic N) is 1. The van der Waals surface area contributed by atoms with Gasteiger partial charge in [0.05, 0.1) is 6.61 Å². The first-order valence-electron chi connectivity index (χ1n) is 10.1. The third kappa shape index (κ3) is 7.43. The van der Waals surface area contributed by atoms with Crippen molar-refractivity contribution in [1.29, 1.82) is 0 Å². The molecule has 0 saturated carbocycles. The summed E-state index contributed by atoms with van der Waals surface area (Å²) in [5.74, 6) is 1.53. The largest absolute Gasteiger partial charge is 0.494 e. The maximum atomic E-state index is 11.6. The molecule has 0 fully saturated rings. The number of benzene rings is 3. The second-order valence-electron chi connectivity index (χ2n) is 6.84. The van der Waals surface area contributed by atoms with Crippen molar-refractivity contribution in [2.45, 2.75) is 13.0 Å². The molecular weight excluding hydrogens is 503 g/mol. The van der Waals surface area contributed by atoms with Gasteiger partial charge < -0.3 is 20.7 Å². The normalized spacial score (nSPS) is 10.8. The number of fused-ring (bicyclic) bond motifs is 1. The molecule has 0 aliphatic rings. The highest BCUT2D eigenvalue weighted by Gasteiger charge is 2.03. The maximum absolute atomic E-state index is 11.6. The summed E-state index contributed by atoms with van der Waals surface area (Å²) < 4.78 is 5.87. The SMILES string of the molecule is CN=C(NCCCOc1ccc2ccccc2c1)NCc1ccc(C(=O)NC)cc1.I. The number of halogens is 1. The fourth-order valence-electron chi connectivity index (χ4n) is 3.05. The summed E-state index contributed by atoms with van der Waals surface area (Å²) >= 11 is 0. The van der Waals surface area contributed by atoms with Crippen LogP contribution in [0.4, 0.5) is 0 Å². The summed E-state index contributed by atoms with van der Waals surface area (Å²) in [5, 5.41) is 11.6. The van der Waals surface area contributed by atoms with Gasteiger partial charge in [0, 0.05) is 32.7 Å². The zero-order valence-corrected chi connectivity index (χ0v) is 20.2. The number of aliphatic imine (C=N–C) groups is 1. The second-order valence-corrected chi connectivity index (χ2v) is 6.84. The van der Waals surface area contributed by atoms with E-state index in [9.17, 15) is 4.79 Å². The summed E-state index contributed by atoms with van der Waals surface area (Å²) in [4.78, 5) is 15.8. The van der Waals surface area contributed by atoms with Crippen molar-refractivity contribution in [3.63, 3.8) is 0 Å². The van der Waals surface area contributed by atoms with Crippen molar-refractivity contribution >= 4 is 46.6 Å². The molecule has 0 aromatic heterocycles. The molecule has 0 bridgehead atoms. The Morgan fingerprint density at radius 3 is 2.42 bits per heavy atom. The lowest BCUT2D eigenvalue weighted by atomic mass is 10.1. The van der Waals surface area contributed by atoms with Crippen LogP contribution in [0.2, 0.25) is 0 Å². The molecule has 0 spiro atoms. The molecule has 0 unspecified atom stereocenters. The van der Waals surface area contributed by atoms with E-state index in [0.717, 1.165) is 30.2 Å². The van der Waals surface area contributed by atoms with Crippen molar-refractivity contribution in [2.75, 3.05) is 27.2 Å². The van der Waals surface area contributed by atoms with Gasteiger partial charge in [-0.2, -0.15) is 0 Å². The molecule has 0 radical (unpaired) electrons. The highest BCUT2D eigenvalue weighted by Crippen LogP contribution is 2.20. The summed E-state index contributed by atoms with van der Waals surface area (Å²) in [7, 11) is 3.37. The Morgan fingerprint density at radius 2 is 1.71 bits per heavy atom. The first-order chi connectivity index (χ1) is 14.7. The van der Waals surface area contributed by atoms with E-state index in [0.29, 0.717) is 18.7 Å². The number of hydrogen-bond acceptors (Lipinski definition) is 3. The molecule has 164 valence electrons. The fourth-order valence-corrected chi connectivity index (χ4v) is 3.05. The molecule has 0 aliphatic heterocycles. The van der Waals surface area contributed by atoms with E-state index in [4.69, 9.17) is 4.74 Å². The van der Waals surface area contributed by atoms with Crippen molar-refractivity contribution in [1.82, 2.24) is 16.0 Å². The van der Waals surface area contributed by atoms with Gasteiger partial charge in [0.15, 0.2) is 5.96 Å². The van der Waals surface area contributed by atoms with E-state index in [1.807, 2.05) is 42.5 Å². The first kappa shape index (κ1) is 24.5. The number of guanidine groups is 1. The molecule has 0 atom stereocenters. The summed E-state index contributed by atoms with van der Waals surface area (Å²) in [6, 6.07) is 21.9. The summed E-state index contributed by atoms with van der Waals surface area (Å²) in [5.41, 5.74) is 1.72. The number of amides is 1. The fraction of sp³-hybridized carbons (Fsp3) is 0.250. The number of carbonyl (C=O) groups is 1. The van der Waals surface area contributed by atoms with E-state index >= 15 is 0 Å². The van der Waals surface area contributed by atoms with Crippen LogP contribution in [0, 0.1) is 0 Å². The topological polar surface area (TPSA) is 74.8 Å². The molecule has 0 aliphatic carbocycles. The molecule has 7 heteroatoms. The van der Waals surface area contributed by atoms with Crippen LogP contribution >= 0.6 is 24.0 Å². The minimum atomic E-state index is -0.0853. The van der Waals surface area contributed by atoms with Crippen molar-refractivity contribution < 1.29 is 9.53 Å². The highest BCUT2D eigenvalue weighted by atomic mass is 127. The second kappa shape index (κ2) is 12.8. The summed E-state index contributed by atoms with van der Waals surface area (Å²) in [6.45, 7) is 2.01. The predicted octanol–water partition coefficient (Wildman–Crippen LogP) is 3.95. The lowest BCUT2D eigenvalue weighted by Gasteiger charge is -2.13. The average Bonchev–Trinajstić information content (AvgIpc) is 2.80. The van der Waals surface area contributed by atoms with Crippen LogP contribution in [0.3, 0.4) is 0 Å². The van der Waals surface area contributed by atoms with E-state index in [2.05, 4.69) is 45.2 Å². The van der Waals surface area contributed by atoms with E-state index in [1.54, 1.807) is 14.1 Å². The van der Waals surface area contributed by atoms with E-state index in [-0.39, 0.29) is 29.9 Å². The number of carbonyl (C=O) groups excluding carboxylic acids is 1. The molecule has 6 nitrogen and oxygen atoms in total. The Morgan fingerprint density at radius 1 is 0.968 bits per heavy atom. The van der Waals surface area contributed by atoms with Gasteiger partial charge in [-0.25, -0.2) is 0 Å². The van der Waals surface area contributed by atoms with Crippen LogP contribution in [-0.4, -0.2) is 39.1 Å². The highest BCUT2D eigenvalue weighted by molar-refractivity contribution is 14.0. The number of ether oxygens (including phenoxy) is 1. The Kier molecular flexibility index (Phi) is 10.1. The maximum Gasteiger partial charge on any atom is 0.251 e. The van der Waals surface area contributed by atoms with Gasteiger partial charge in [-0.15, -0.1) is 24.0 Å². The van der Waals surface area contributed by atoms with Gasteiger partial charge in [-0.3, -0.25) is 9.79 Å². The molecule has 0 saturated heterocycles. The summed E-state index contributed by atoms with van der Waals surface area (Å²) in [6.07, 6.45) is 0.856. The van der Waals surface area contributed by atoms with Gasteiger partial charge >= 0.3 is 0 Å². The quantitative estimate of drug-likeness (QED) is 0.178. The Labute approximate surface area is 200 Å². The number of rotatable bonds is 8. The molecule has 3 N–H and O–H groups in total. The first-order valence-corrected chi connectivity index (χ1v) is 10.1. The van der Waals surface area contributed by atoms with E-state index in [1.165, 1.54) is 10.8 Å². The van der Waals surface area contributed by atoms with Crippen LogP contribution in [0.15, 0.2) is 71.7 Å². The van der Waals surface area contributed by atoms with Gasteiger partial charge in [0.1, 0.15) is 5.75 Å². The third-order valence-electron chi connectivity index (χ3n) is 4.73. The Balaban J connectivity index is 0.00000341. The molecule has 0 heterocycles. The van der Waals surface area contributed by atoms with Gasteiger partial charge in [-0.1, -0.05) is 42.5 Å². The molecular formula is C24H29IN4O2. The van der Waals surface area contributed by atoms with Crippen LogP contribution in [-0.2, 0) is 6.54 Å².